The summed E-state index contributed by atoms with van der Waals surface area (Å²) in [5.41, 5.74) is 7.91. The maximum absolute atomic E-state index is 5.58. The Bertz CT molecular complexity index is 513. The van der Waals surface area contributed by atoms with Gasteiger partial charge in [-0.05, 0) is 34.0 Å². The number of rotatable bonds is 4. The van der Waals surface area contributed by atoms with Gasteiger partial charge in [-0.15, -0.1) is 0 Å². The lowest BCUT2D eigenvalue weighted by Gasteiger charge is -2.16. The van der Waals surface area contributed by atoms with Crippen molar-refractivity contribution in [3.63, 3.8) is 0 Å². The molecule has 0 bridgehead atoms. The highest BCUT2D eigenvalue weighted by Gasteiger charge is 2.08. The van der Waals surface area contributed by atoms with Crippen LogP contribution in [-0.4, -0.2) is 9.97 Å². The highest BCUT2D eigenvalue weighted by Crippen LogP contribution is 2.23. The minimum absolute atomic E-state index is 0.169. The smallest absolute Gasteiger partial charge is 0.144 e. The topological polar surface area (TPSA) is 63.8 Å². The van der Waals surface area contributed by atoms with E-state index in [1.165, 1.54) is 11.9 Å². The van der Waals surface area contributed by atoms with Crippen LogP contribution in [0.4, 0.5) is 5.82 Å². The first kappa shape index (κ1) is 13.0. The second kappa shape index (κ2) is 5.93. The molecule has 0 aliphatic carbocycles. The minimum atomic E-state index is 0.169. The van der Waals surface area contributed by atoms with E-state index in [1.54, 1.807) is 6.20 Å². The van der Waals surface area contributed by atoms with Crippen molar-refractivity contribution in [3.8, 4) is 0 Å². The molecule has 18 heavy (non-hydrogen) atoms. The van der Waals surface area contributed by atoms with E-state index in [-0.39, 0.29) is 6.04 Å². The Kier molecular flexibility index (Phi) is 4.28. The number of halogens is 1. The van der Waals surface area contributed by atoms with Gasteiger partial charge in [-0.3, -0.25) is 0 Å². The molecule has 0 aliphatic heterocycles. The van der Waals surface area contributed by atoms with Crippen molar-refractivity contribution in [1.29, 1.82) is 0 Å². The van der Waals surface area contributed by atoms with Crippen LogP contribution >= 0.6 is 15.9 Å². The maximum atomic E-state index is 5.58. The molecule has 4 nitrogen and oxygen atoms in total. The third kappa shape index (κ3) is 3.05. The number of nitrogens with two attached hydrogens (primary N) is 1. The standard InChI is InChI=1S/C13H15BrN4/c1-9(11-4-2-10(6-15)3-5-11)18-13-12(14)7-16-8-17-13/h2-5,7-9H,6,15H2,1H3,(H,16,17,18). The van der Waals surface area contributed by atoms with Crippen molar-refractivity contribution >= 4 is 21.7 Å². The van der Waals surface area contributed by atoms with E-state index in [1.807, 2.05) is 12.1 Å². The first-order valence-corrected chi connectivity index (χ1v) is 6.51. The second-order valence-corrected chi connectivity index (χ2v) is 4.89. The average molecular weight is 307 g/mol. The average Bonchev–Trinajstić information content (AvgIpc) is 2.41. The van der Waals surface area contributed by atoms with Crippen molar-refractivity contribution in [2.45, 2.75) is 19.5 Å². The van der Waals surface area contributed by atoms with E-state index in [9.17, 15) is 0 Å². The highest BCUT2D eigenvalue weighted by molar-refractivity contribution is 9.10. The molecule has 0 spiro atoms. The molecule has 0 radical (unpaired) electrons. The third-order valence-corrected chi connectivity index (χ3v) is 3.32. The monoisotopic (exact) mass is 306 g/mol. The van der Waals surface area contributed by atoms with E-state index >= 15 is 0 Å². The van der Waals surface area contributed by atoms with Gasteiger partial charge in [0.2, 0.25) is 0 Å². The lowest BCUT2D eigenvalue weighted by atomic mass is 10.1. The van der Waals surface area contributed by atoms with E-state index in [0.717, 1.165) is 15.9 Å². The van der Waals surface area contributed by atoms with Crippen LogP contribution in [0.1, 0.15) is 24.1 Å². The van der Waals surface area contributed by atoms with Gasteiger partial charge in [0, 0.05) is 18.8 Å². The SMILES string of the molecule is CC(Nc1ncncc1Br)c1ccc(CN)cc1. The van der Waals surface area contributed by atoms with Gasteiger partial charge in [-0.1, -0.05) is 24.3 Å². The molecule has 3 N–H and O–H groups in total. The van der Waals surface area contributed by atoms with E-state index in [2.05, 4.69) is 50.3 Å². The van der Waals surface area contributed by atoms with Crippen LogP contribution in [0.2, 0.25) is 0 Å². The Morgan fingerprint density at radius 1 is 1.33 bits per heavy atom. The van der Waals surface area contributed by atoms with Crippen molar-refractivity contribution in [2.75, 3.05) is 5.32 Å². The zero-order chi connectivity index (χ0) is 13.0. The molecule has 5 heteroatoms. The molecule has 2 aromatic rings. The molecular formula is C13H15BrN4. The molecule has 0 aliphatic rings. The van der Waals surface area contributed by atoms with Gasteiger partial charge in [-0.2, -0.15) is 0 Å². The summed E-state index contributed by atoms with van der Waals surface area (Å²) in [5, 5.41) is 3.33. The van der Waals surface area contributed by atoms with Crippen LogP contribution < -0.4 is 11.1 Å². The Morgan fingerprint density at radius 2 is 2.06 bits per heavy atom. The molecule has 1 unspecified atom stereocenters. The Hall–Kier alpha value is -1.46. The highest BCUT2D eigenvalue weighted by atomic mass is 79.9. The van der Waals surface area contributed by atoms with Gasteiger partial charge in [0.25, 0.3) is 0 Å². The van der Waals surface area contributed by atoms with Crippen LogP contribution in [0, 0.1) is 0 Å². The second-order valence-electron chi connectivity index (χ2n) is 4.03. The summed E-state index contributed by atoms with van der Waals surface area (Å²) in [6, 6.07) is 8.41. The minimum Gasteiger partial charge on any atom is -0.363 e. The summed E-state index contributed by atoms with van der Waals surface area (Å²) in [4.78, 5) is 8.12. The zero-order valence-electron chi connectivity index (χ0n) is 10.1. The number of nitrogens with zero attached hydrogens (tertiary/aromatic N) is 2. The summed E-state index contributed by atoms with van der Waals surface area (Å²) in [6.07, 6.45) is 3.25. The molecule has 1 heterocycles. The summed E-state index contributed by atoms with van der Waals surface area (Å²) < 4.78 is 0.857. The van der Waals surface area contributed by atoms with Gasteiger partial charge in [0.1, 0.15) is 12.1 Å². The Balaban J connectivity index is 2.11. The van der Waals surface area contributed by atoms with Crippen molar-refractivity contribution in [1.82, 2.24) is 9.97 Å². The van der Waals surface area contributed by atoms with Gasteiger partial charge < -0.3 is 11.1 Å². The fourth-order valence-corrected chi connectivity index (χ4v) is 1.98. The van der Waals surface area contributed by atoms with Crippen molar-refractivity contribution < 1.29 is 0 Å². The normalized spacial score (nSPS) is 12.2. The molecule has 1 aromatic heterocycles. The molecule has 94 valence electrons. The number of hydrogen-bond acceptors (Lipinski definition) is 4. The summed E-state index contributed by atoms with van der Waals surface area (Å²) >= 11 is 3.42. The zero-order valence-corrected chi connectivity index (χ0v) is 11.7. The van der Waals surface area contributed by atoms with Crippen LogP contribution in [0.3, 0.4) is 0 Å². The number of anilines is 1. The number of nitrogens with one attached hydrogen (secondary N) is 1. The molecule has 2 rings (SSSR count). The largest absolute Gasteiger partial charge is 0.363 e. The van der Waals surface area contributed by atoms with E-state index in [0.29, 0.717) is 6.54 Å². The predicted molar refractivity (Wildman–Crippen MR) is 76.1 cm³/mol. The first-order chi connectivity index (χ1) is 8.70. The lowest BCUT2D eigenvalue weighted by Crippen LogP contribution is -2.09. The molecule has 1 aromatic carbocycles. The van der Waals surface area contributed by atoms with Crippen LogP contribution in [0.15, 0.2) is 41.3 Å². The molecular weight excluding hydrogens is 292 g/mol. The Morgan fingerprint density at radius 3 is 2.67 bits per heavy atom. The fraction of sp³-hybridized carbons (Fsp3) is 0.231. The number of hydrogen-bond donors (Lipinski definition) is 2. The van der Waals surface area contributed by atoms with E-state index < -0.39 is 0 Å². The quantitative estimate of drug-likeness (QED) is 0.911. The van der Waals surface area contributed by atoms with Crippen molar-refractivity contribution in [2.24, 2.45) is 5.73 Å². The van der Waals surface area contributed by atoms with Gasteiger partial charge in [-0.25, -0.2) is 9.97 Å². The number of aromatic nitrogens is 2. The van der Waals surface area contributed by atoms with Gasteiger partial charge >= 0.3 is 0 Å². The molecule has 0 saturated heterocycles. The molecule has 0 saturated carbocycles. The first-order valence-electron chi connectivity index (χ1n) is 5.71. The summed E-state index contributed by atoms with van der Waals surface area (Å²) in [6.45, 7) is 2.66. The van der Waals surface area contributed by atoms with Crippen LogP contribution in [-0.2, 0) is 6.54 Å². The predicted octanol–water partition coefficient (Wildman–Crippen LogP) is 2.87. The fourth-order valence-electron chi connectivity index (χ4n) is 1.65. The summed E-state index contributed by atoms with van der Waals surface area (Å²) in [5.74, 6) is 0.792. The Labute approximate surface area is 115 Å². The summed E-state index contributed by atoms with van der Waals surface area (Å²) in [7, 11) is 0. The van der Waals surface area contributed by atoms with Crippen LogP contribution in [0.5, 0.6) is 0 Å². The third-order valence-electron chi connectivity index (χ3n) is 2.74. The molecule has 0 fully saturated rings. The molecule has 1 atom stereocenters. The number of benzene rings is 1. The van der Waals surface area contributed by atoms with Gasteiger partial charge in [0.05, 0.1) is 4.47 Å². The molecule has 0 amide bonds. The van der Waals surface area contributed by atoms with Crippen molar-refractivity contribution in [3.05, 3.63) is 52.4 Å². The lowest BCUT2D eigenvalue weighted by molar-refractivity contribution is 0.867. The maximum Gasteiger partial charge on any atom is 0.144 e. The van der Waals surface area contributed by atoms with Crippen LogP contribution in [0.25, 0.3) is 0 Å². The van der Waals surface area contributed by atoms with E-state index in [4.69, 9.17) is 5.73 Å². The van der Waals surface area contributed by atoms with Gasteiger partial charge in [0.15, 0.2) is 0 Å².